The Morgan fingerprint density at radius 3 is 1.42 bits per heavy atom. The minimum Gasteiger partial charge on any atom is -0.456 e. The highest BCUT2D eigenvalue weighted by Crippen LogP contribution is 2.51. The Morgan fingerprint density at radius 2 is 0.933 bits per heavy atom. The summed E-state index contributed by atoms with van der Waals surface area (Å²) >= 11 is 0. The van der Waals surface area contributed by atoms with Crippen LogP contribution in [-0.2, 0) is 5.41 Å². The first kappa shape index (κ1) is 29.4. The average Bonchev–Trinajstić information content (AvgIpc) is 3.41. The van der Waals surface area contributed by atoms with Crippen molar-refractivity contribution in [1.29, 1.82) is 0 Å². The number of rotatable bonds is 2. The maximum Gasteiger partial charge on any atom is 0.139 e. The van der Waals surface area contributed by atoms with Gasteiger partial charge in [-0.15, -0.1) is 0 Å². The molecule has 0 amide bonds. The van der Waals surface area contributed by atoms with E-state index in [-0.39, 0.29) is 5.41 Å². The molecule has 6 aromatic carbocycles. The van der Waals surface area contributed by atoms with Gasteiger partial charge in [0.05, 0.1) is 0 Å². The van der Waals surface area contributed by atoms with Gasteiger partial charge in [-0.3, -0.25) is 0 Å². The van der Waals surface area contributed by atoms with Crippen molar-refractivity contribution in [3.63, 3.8) is 0 Å². The molecule has 226 valence electrons. The Morgan fingerprint density at radius 1 is 0.444 bits per heavy atom. The van der Waals surface area contributed by atoms with Gasteiger partial charge in [-0.2, -0.15) is 0 Å². The maximum atomic E-state index is 6.61. The maximum absolute atomic E-state index is 6.61. The van der Waals surface area contributed by atoms with Crippen molar-refractivity contribution in [2.45, 2.75) is 81.6 Å². The van der Waals surface area contributed by atoms with Crippen LogP contribution in [0.4, 0.5) is 0 Å². The number of furan rings is 1. The van der Waals surface area contributed by atoms with Crippen LogP contribution in [0.3, 0.4) is 0 Å². The lowest BCUT2D eigenvalue weighted by Crippen LogP contribution is -2.10. The molecule has 0 aliphatic heterocycles. The van der Waals surface area contributed by atoms with Gasteiger partial charge in [-0.25, -0.2) is 0 Å². The molecule has 0 aliphatic carbocycles. The predicted octanol–water partition coefficient (Wildman–Crippen LogP) is 13.0. The second kappa shape index (κ2) is 10.1. The summed E-state index contributed by atoms with van der Waals surface area (Å²) in [6.45, 7) is 25.3. The summed E-state index contributed by atoms with van der Waals surface area (Å²) in [7, 11) is 0. The number of hydrogen-bond donors (Lipinski definition) is 0. The highest BCUT2D eigenvalue weighted by Gasteiger charge is 2.26. The zero-order chi connectivity index (χ0) is 32.1. The van der Waals surface area contributed by atoms with E-state index in [1.807, 2.05) is 0 Å². The van der Waals surface area contributed by atoms with E-state index in [0.717, 1.165) is 11.2 Å². The summed E-state index contributed by atoms with van der Waals surface area (Å²) in [4.78, 5) is 0. The Hall–Kier alpha value is -4.36. The lowest BCUT2D eigenvalue weighted by molar-refractivity contribution is 0.573. The zero-order valence-corrected chi connectivity index (χ0v) is 28.8. The normalized spacial score (nSPS) is 12.3. The summed E-state index contributed by atoms with van der Waals surface area (Å²) in [6.07, 6.45) is 0. The van der Waals surface area contributed by atoms with Gasteiger partial charge in [0, 0.05) is 16.3 Å². The molecule has 1 heteroatoms. The molecular weight excluding hydrogens is 544 g/mol. The molecular formula is C44H44O. The van der Waals surface area contributed by atoms with E-state index in [1.165, 1.54) is 105 Å². The number of benzene rings is 6. The summed E-state index contributed by atoms with van der Waals surface area (Å²) < 4.78 is 6.61. The van der Waals surface area contributed by atoms with Crippen molar-refractivity contribution in [2.24, 2.45) is 0 Å². The first-order valence-electron chi connectivity index (χ1n) is 16.3. The quantitative estimate of drug-likeness (QED) is 0.183. The minimum atomic E-state index is -0.00998. The van der Waals surface area contributed by atoms with Crippen molar-refractivity contribution in [3.05, 3.63) is 117 Å². The SMILES string of the molecule is Cc1c(C)c(C)c2c(-c3ccc4oc5c(C(C)(C)C)cccc5c4c3)c3c(C)c(C)c(C)c(C)c3c(-c3ccccc3)c2c1C. The van der Waals surface area contributed by atoms with Crippen molar-refractivity contribution in [3.8, 4) is 22.3 Å². The summed E-state index contributed by atoms with van der Waals surface area (Å²) in [5, 5.41) is 7.86. The lowest BCUT2D eigenvalue weighted by Gasteiger charge is -2.27. The lowest BCUT2D eigenvalue weighted by atomic mass is 9.76. The van der Waals surface area contributed by atoms with Crippen molar-refractivity contribution >= 4 is 43.5 Å². The molecule has 7 rings (SSSR count). The average molecular weight is 589 g/mol. The summed E-state index contributed by atoms with van der Waals surface area (Å²) in [5.41, 5.74) is 19.4. The third-order valence-electron chi connectivity index (χ3n) is 11.0. The van der Waals surface area contributed by atoms with Gasteiger partial charge in [-0.05, 0) is 161 Å². The van der Waals surface area contributed by atoms with E-state index in [1.54, 1.807) is 0 Å². The van der Waals surface area contributed by atoms with Gasteiger partial charge in [0.1, 0.15) is 11.2 Å². The van der Waals surface area contributed by atoms with Crippen LogP contribution in [-0.4, -0.2) is 0 Å². The first-order chi connectivity index (χ1) is 21.3. The fourth-order valence-corrected chi connectivity index (χ4v) is 7.85. The fraction of sp³-hybridized carbons (Fsp3) is 0.273. The van der Waals surface area contributed by atoms with Gasteiger partial charge in [0.15, 0.2) is 0 Å². The molecule has 0 bridgehead atoms. The largest absolute Gasteiger partial charge is 0.456 e. The zero-order valence-electron chi connectivity index (χ0n) is 28.8. The molecule has 0 saturated heterocycles. The van der Waals surface area contributed by atoms with Gasteiger partial charge in [0.2, 0.25) is 0 Å². The van der Waals surface area contributed by atoms with E-state index in [2.05, 4.69) is 143 Å². The van der Waals surface area contributed by atoms with E-state index >= 15 is 0 Å². The van der Waals surface area contributed by atoms with Crippen LogP contribution in [0.15, 0.2) is 71.1 Å². The highest BCUT2D eigenvalue weighted by molar-refractivity contribution is 6.25. The van der Waals surface area contributed by atoms with E-state index in [4.69, 9.17) is 4.42 Å². The Kier molecular flexibility index (Phi) is 6.57. The van der Waals surface area contributed by atoms with E-state index in [9.17, 15) is 0 Å². The van der Waals surface area contributed by atoms with Crippen molar-refractivity contribution < 1.29 is 4.42 Å². The van der Waals surface area contributed by atoms with Gasteiger partial charge < -0.3 is 4.42 Å². The molecule has 0 N–H and O–H groups in total. The Labute approximate surface area is 267 Å². The van der Waals surface area contributed by atoms with Crippen molar-refractivity contribution in [2.75, 3.05) is 0 Å². The molecule has 0 fully saturated rings. The van der Waals surface area contributed by atoms with Gasteiger partial charge in [-0.1, -0.05) is 75.4 Å². The molecule has 1 nitrogen and oxygen atoms in total. The second-order valence-corrected chi connectivity index (χ2v) is 14.4. The van der Waals surface area contributed by atoms with Gasteiger partial charge >= 0.3 is 0 Å². The molecule has 0 unspecified atom stereocenters. The molecule has 0 aliphatic rings. The van der Waals surface area contributed by atoms with Crippen LogP contribution in [0.2, 0.25) is 0 Å². The third-order valence-corrected chi connectivity index (χ3v) is 11.0. The molecule has 45 heavy (non-hydrogen) atoms. The minimum absolute atomic E-state index is 0.00998. The smallest absolute Gasteiger partial charge is 0.139 e. The van der Waals surface area contributed by atoms with Crippen LogP contribution >= 0.6 is 0 Å². The van der Waals surface area contributed by atoms with Crippen LogP contribution < -0.4 is 0 Å². The fourth-order valence-electron chi connectivity index (χ4n) is 7.85. The van der Waals surface area contributed by atoms with Crippen LogP contribution in [0.5, 0.6) is 0 Å². The van der Waals surface area contributed by atoms with Crippen LogP contribution in [0.25, 0.3) is 65.7 Å². The molecule has 1 aromatic heterocycles. The first-order valence-corrected chi connectivity index (χ1v) is 16.3. The highest BCUT2D eigenvalue weighted by atomic mass is 16.3. The van der Waals surface area contributed by atoms with Crippen molar-refractivity contribution in [1.82, 2.24) is 0 Å². The Balaban J connectivity index is 1.76. The molecule has 7 aromatic rings. The molecule has 0 saturated carbocycles. The third kappa shape index (κ3) is 4.13. The van der Waals surface area contributed by atoms with Gasteiger partial charge in [0.25, 0.3) is 0 Å². The number of para-hydroxylation sites is 1. The van der Waals surface area contributed by atoms with E-state index in [0.29, 0.717) is 0 Å². The second-order valence-electron chi connectivity index (χ2n) is 14.4. The van der Waals surface area contributed by atoms with Crippen LogP contribution in [0, 0.1) is 55.4 Å². The Bertz CT molecular complexity index is 2270. The van der Waals surface area contributed by atoms with E-state index < -0.39 is 0 Å². The van der Waals surface area contributed by atoms with Crippen LogP contribution in [0.1, 0.15) is 70.8 Å². The monoisotopic (exact) mass is 588 g/mol. The summed E-state index contributed by atoms with van der Waals surface area (Å²) in [6, 6.07) is 24.6. The molecule has 1 heterocycles. The standard InChI is InChI=1S/C44H44O/c1-23-25(3)29(7)39-37(27(23)5)41(31-16-13-12-14-17-31)38-28(6)24(2)26(4)30(8)40(38)42(39)32-20-21-36-34(22-32)33-18-15-19-35(43(33)45-36)44(9,10)11/h12-22H,1-11H3. The summed E-state index contributed by atoms with van der Waals surface area (Å²) in [5.74, 6) is 0. The molecule has 0 atom stereocenters. The predicted molar refractivity (Wildman–Crippen MR) is 196 cm³/mol. The number of aryl methyl sites for hydroxylation is 4. The molecule has 0 spiro atoms. The molecule has 0 radical (unpaired) electrons. The topological polar surface area (TPSA) is 13.1 Å². The number of hydrogen-bond acceptors (Lipinski definition) is 1. The number of fused-ring (bicyclic) bond motifs is 5.